The fourth-order valence-electron chi connectivity index (χ4n) is 3.47. The largest absolute Gasteiger partial charge is 0.355 e. The van der Waals surface area contributed by atoms with Gasteiger partial charge in [0.15, 0.2) is 5.96 Å². The lowest BCUT2D eigenvalue weighted by atomic mass is 9.86. The van der Waals surface area contributed by atoms with Crippen LogP contribution in [0.5, 0.6) is 0 Å². The molecule has 1 amide bonds. The average molecular weight is 415 g/mol. The van der Waals surface area contributed by atoms with E-state index < -0.39 is 10.0 Å². The number of aliphatic imine (C=N–C) groups is 1. The van der Waals surface area contributed by atoms with Crippen LogP contribution in [0.1, 0.15) is 32.1 Å². The predicted molar refractivity (Wildman–Crippen MR) is 110 cm³/mol. The molecule has 160 valence electrons. The van der Waals surface area contributed by atoms with E-state index in [1.54, 1.807) is 7.05 Å². The van der Waals surface area contributed by atoms with Crippen LogP contribution < -0.4 is 15.4 Å². The molecule has 0 bridgehead atoms. The molecule has 1 saturated heterocycles. The first kappa shape index (κ1) is 21.3. The molecule has 10 heteroatoms. The van der Waals surface area contributed by atoms with E-state index in [0.29, 0.717) is 31.6 Å². The van der Waals surface area contributed by atoms with E-state index in [0.717, 1.165) is 57.8 Å². The van der Waals surface area contributed by atoms with Gasteiger partial charge in [-0.25, -0.2) is 13.1 Å². The maximum Gasteiger partial charge on any atom is 0.234 e. The summed E-state index contributed by atoms with van der Waals surface area (Å²) < 4.78 is 26.9. The molecule has 1 heterocycles. The molecule has 0 radical (unpaired) electrons. The molecule has 0 aromatic heterocycles. The summed E-state index contributed by atoms with van der Waals surface area (Å²) in [6.45, 7) is 4.46. The molecule has 3 rings (SSSR count). The van der Waals surface area contributed by atoms with Crippen LogP contribution in [0.3, 0.4) is 0 Å². The number of sulfonamides is 1. The zero-order valence-corrected chi connectivity index (χ0v) is 17.6. The van der Waals surface area contributed by atoms with Gasteiger partial charge in [-0.3, -0.25) is 14.7 Å². The molecule has 3 fully saturated rings. The van der Waals surface area contributed by atoms with Gasteiger partial charge in [0.05, 0.1) is 12.3 Å². The first-order valence-corrected chi connectivity index (χ1v) is 12.0. The number of carbonyl (C=O) groups excluding carboxylic acids is 1. The van der Waals surface area contributed by atoms with Crippen LogP contribution in [-0.4, -0.2) is 94.7 Å². The highest BCUT2D eigenvalue weighted by Crippen LogP contribution is 2.25. The van der Waals surface area contributed by atoms with E-state index >= 15 is 0 Å². The van der Waals surface area contributed by atoms with Crippen LogP contribution in [-0.2, 0) is 14.8 Å². The molecule has 9 nitrogen and oxygen atoms in total. The summed E-state index contributed by atoms with van der Waals surface area (Å²) in [5, 5.41) is 6.18. The lowest BCUT2D eigenvalue weighted by Gasteiger charge is -2.36. The lowest BCUT2D eigenvalue weighted by Crippen LogP contribution is -2.54. The van der Waals surface area contributed by atoms with Crippen molar-refractivity contribution in [1.82, 2.24) is 25.2 Å². The molecule has 3 aliphatic rings. The lowest BCUT2D eigenvalue weighted by molar-refractivity contribution is -0.122. The highest BCUT2D eigenvalue weighted by molar-refractivity contribution is 7.89. The minimum Gasteiger partial charge on any atom is -0.355 e. The Kier molecular flexibility index (Phi) is 7.53. The molecule has 3 N–H and O–H groups in total. The number of carbonyl (C=O) groups is 1. The normalized spacial score (nSPS) is 22.0. The van der Waals surface area contributed by atoms with Crippen molar-refractivity contribution in [2.45, 2.75) is 38.1 Å². The SMILES string of the molecule is CN=C(NCCS(=O)(=O)NCC1CCC1)N1CCN(CC(=O)NC2CC2)CC1. The Morgan fingerprint density at radius 2 is 1.82 bits per heavy atom. The standard InChI is InChI=1S/C18H34N6O3S/c1-19-18(20-7-12-28(26,27)21-13-15-3-2-4-15)24-10-8-23(9-11-24)14-17(25)22-16-5-6-16/h15-16,21H,2-14H2,1H3,(H,19,20)(H,22,25). The Hall–Kier alpha value is -1.39. The highest BCUT2D eigenvalue weighted by atomic mass is 32.2. The van der Waals surface area contributed by atoms with Crippen molar-refractivity contribution in [2.75, 3.05) is 58.6 Å². The van der Waals surface area contributed by atoms with E-state index in [9.17, 15) is 13.2 Å². The van der Waals surface area contributed by atoms with E-state index in [1.807, 2.05) is 0 Å². The number of amides is 1. The number of hydrogen-bond donors (Lipinski definition) is 3. The summed E-state index contributed by atoms with van der Waals surface area (Å²) in [5.74, 6) is 1.38. The van der Waals surface area contributed by atoms with Crippen molar-refractivity contribution in [3.8, 4) is 0 Å². The number of nitrogens with zero attached hydrogens (tertiary/aromatic N) is 3. The highest BCUT2D eigenvalue weighted by Gasteiger charge is 2.26. The summed E-state index contributed by atoms with van der Waals surface area (Å²) in [6.07, 6.45) is 5.67. The summed E-state index contributed by atoms with van der Waals surface area (Å²) in [6, 6.07) is 0.399. The van der Waals surface area contributed by atoms with Gasteiger partial charge in [0.2, 0.25) is 15.9 Å². The minimum atomic E-state index is -3.25. The maximum absolute atomic E-state index is 12.1. The molecule has 0 aromatic rings. The van der Waals surface area contributed by atoms with Crippen molar-refractivity contribution in [1.29, 1.82) is 0 Å². The predicted octanol–water partition coefficient (Wildman–Crippen LogP) is -0.822. The third-order valence-corrected chi connectivity index (χ3v) is 7.01. The van der Waals surface area contributed by atoms with Gasteiger partial charge < -0.3 is 15.5 Å². The third-order valence-electron chi connectivity index (χ3n) is 5.66. The quantitative estimate of drug-likeness (QED) is 0.336. The molecule has 0 atom stereocenters. The van der Waals surface area contributed by atoms with Crippen molar-refractivity contribution >= 4 is 21.9 Å². The van der Waals surface area contributed by atoms with Crippen LogP contribution in [0.4, 0.5) is 0 Å². The molecule has 1 aliphatic heterocycles. The van der Waals surface area contributed by atoms with Gasteiger partial charge in [0, 0.05) is 52.4 Å². The number of guanidine groups is 1. The fourth-order valence-corrected chi connectivity index (χ4v) is 4.47. The van der Waals surface area contributed by atoms with Crippen LogP contribution in [0.2, 0.25) is 0 Å². The Labute approximate surface area is 168 Å². The summed E-state index contributed by atoms with van der Waals surface area (Å²) in [4.78, 5) is 20.5. The molecule has 2 aliphatic carbocycles. The molecule has 28 heavy (non-hydrogen) atoms. The summed E-state index contributed by atoms with van der Waals surface area (Å²) in [5.41, 5.74) is 0. The monoisotopic (exact) mass is 414 g/mol. The first-order valence-electron chi connectivity index (χ1n) is 10.4. The smallest absolute Gasteiger partial charge is 0.234 e. The second-order valence-corrected chi connectivity index (χ2v) is 9.97. The zero-order valence-electron chi connectivity index (χ0n) is 16.8. The third kappa shape index (κ3) is 6.89. The molecular weight excluding hydrogens is 380 g/mol. The number of piperazine rings is 1. The number of nitrogens with one attached hydrogen (secondary N) is 3. The Balaban J connectivity index is 1.33. The van der Waals surface area contributed by atoms with Crippen molar-refractivity contribution in [2.24, 2.45) is 10.9 Å². The van der Waals surface area contributed by atoms with Crippen LogP contribution >= 0.6 is 0 Å². The van der Waals surface area contributed by atoms with E-state index in [-0.39, 0.29) is 11.7 Å². The molecule has 0 aromatic carbocycles. The Morgan fingerprint density at radius 1 is 1.11 bits per heavy atom. The van der Waals surface area contributed by atoms with Gasteiger partial charge in [-0.05, 0) is 31.6 Å². The second-order valence-electron chi connectivity index (χ2n) is 8.04. The first-order chi connectivity index (χ1) is 13.4. The second kappa shape index (κ2) is 9.89. The Bertz CT molecular complexity index is 652. The topological polar surface area (TPSA) is 106 Å². The van der Waals surface area contributed by atoms with Crippen LogP contribution in [0, 0.1) is 5.92 Å². The number of rotatable bonds is 9. The summed E-state index contributed by atoms with van der Waals surface area (Å²) >= 11 is 0. The van der Waals surface area contributed by atoms with Crippen molar-refractivity contribution < 1.29 is 13.2 Å². The zero-order chi connectivity index (χ0) is 20.0. The molecule has 0 unspecified atom stereocenters. The molecular formula is C18H34N6O3S. The van der Waals surface area contributed by atoms with Crippen LogP contribution in [0.25, 0.3) is 0 Å². The van der Waals surface area contributed by atoms with Gasteiger partial charge in [0.1, 0.15) is 0 Å². The van der Waals surface area contributed by atoms with Gasteiger partial charge >= 0.3 is 0 Å². The fraction of sp³-hybridized carbons (Fsp3) is 0.889. The van der Waals surface area contributed by atoms with Gasteiger partial charge in [-0.15, -0.1) is 0 Å². The van der Waals surface area contributed by atoms with E-state index in [4.69, 9.17) is 0 Å². The average Bonchev–Trinajstić information content (AvgIpc) is 3.42. The van der Waals surface area contributed by atoms with E-state index in [2.05, 4.69) is 30.1 Å². The van der Waals surface area contributed by atoms with Gasteiger partial charge in [-0.2, -0.15) is 0 Å². The van der Waals surface area contributed by atoms with Crippen LogP contribution in [0.15, 0.2) is 4.99 Å². The minimum absolute atomic E-state index is 0.0417. The maximum atomic E-state index is 12.1. The van der Waals surface area contributed by atoms with Crippen molar-refractivity contribution in [3.05, 3.63) is 0 Å². The molecule has 0 spiro atoms. The van der Waals surface area contributed by atoms with Crippen molar-refractivity contribution in [3.63, 3.8) is 0 Å². The Morgan fingerprint density at radius 3 is 2.39 bits per heavy atom. The van der Waals surface area contributed by atoms with Gasteiger partial charge in [-0.1, -0.05) is 6.42 Å². The van der Waals surface area contributed by atoms with E-state index in [1.165, 1.54) is 6.42 Å². The number of hydrogen-bond acceptors (Lipinski definition) is 5. The summed E-state index contributed by atoms with van der Waals surface area (Å²) in [7, 11) is -1.54. The van der Waals surface area contributed by atoms with Gasteiger partial charge in [0.25, 0.3) is 0 Å². The molecule has 2 saturated carbocycles.